The molecule has 0 aliphatic heterocycles. The predicted octanol–water partition coefficient (Wildman–Crippen LogP) is 3.16. The van der Waals surface area contributed by atoms with Crippen LogP contribution in [0.4, 0.5) is 0 Å². The molecule has 0 N–H and O–H groups in total. The predicted molar refractivity (Wildman–Crippen MR) is 61.7 cm³/mol. The minimum Gasteiger partial charge on any atom is -0.464 e. The molecule has 0 atom stereocenters. The van der Waals surface area contributed by atoms with E-state index in [2.05, 4.69) is 0 Å². The molecule has 0 radical (unpaired) electrons. The number of hydrogen-bond acceptors (Lipinski definition) is 3. The summed E-state index contributed by atoms with van der Waals surface area (Å²) in [7, 11) is 0. The van der Waals surface area contributed by atoms with E-state index in [-0.39, 0.29) is 5.63 Å². The molecule has 3 rings (SSSR count). The molecule has 16 heavy (non-hydrogen) atoms. The molecule has 3 nitrogen and oxygen atoms in total. The smallest absolute Gasteiger partial charge is 0.339 e. The molecule has 1 aromatic carbocycles. The molecular formula is C13H10O3. The molecule has 80 valence electrons. The van der Waals surface area contributed by atoms with E-state index in [9.17, 15) is 4.79 Å². The van der Waals surface area contributed by atoms with E-state index in [0.717, 1.165) is 21.9 Å². The second kappa shape index (κ2) is 2.98. The fraction of sp³-hybridized carbons (Fsp3) is 0.154. The van der Waals surface area contributed by atoms with Crippen molar-refractivity contribution in [3.8, 4) is 0 Å². The topological polar surface area (TPSA) is 43.4 Å². The highest BCUT2D eigenvalue weighted by atomic mass is 16.4. The summed E-state index contributed by atoms with van der Waals surface area (Å²) in [4.78, 5) is 11.5. The van der Waals surface area contributed by atoms with Crippen molar-refractivity contribution < 1.29 is 8.83 Å². The molecule has 3 aromatic rings. The van der Waals surface area contributed by atoms with Gasteiger partial charge in [-0.15, -0.1) is 0 Å². The molecule has 0 aliphatic carbocycles. The van der Waals surface area contributed by atoms with Crippen LogP contribution in [0.3, 0.4) is 0 Å². The third-order valence-corrected chi connectivity index (χ3v) is 3.03. The lowest BCUT2D eigenvalue weighted by Gasteiger charge is -2.03. The van der Waals surface area contributed by atoms with Gasteiger partial charge in [0.15, 0.2) is 0 Å². The maximum atomic E-state index is 11.5. The van der Waals surface area contributed by atoms with Gasteiger partial charge in [-0.3, -0.25) is 0 Å². The molecule has 3 heteroatoms. The largest absolute Gasteiger partial charge is 0.464 e. The Bertz CT molecular complexity index is 747. The summed E-state index contributed by atoms with van der Waals surface area (Å²) < 4.78 is 10.5. The summed E-state index contributed by atoms with van der Waals surface area (Å²) >= 11 is 0. The highest BCUT2D eigenvalue weighted by Gasteiger charge is 2.09. The number of furan rings is 1. The van der Waals surface area contributed by atoms with Gasteiger partial charge in [-0.25, -0.2) is 4.79 Å². The average Bonchev–Trinajstić information content (AvgIpc) is 2.71. The molecule has 0 spiro atoms. The lowest BCUT2D eigenvalue weighted by atomic mass is 10.1. The van der Waals surface area contributed by atoms with Crippen molar-refractivity contribution in [2.45, 2.75) is 13.8 Å². The minimum absolute atomic E-state index is 0.282. The Morgan fingerprint density at radius 2 is 1.88 bits per heavy atom. The molecule has 0 saturated heterocycles. The fourth-order valence-electron chi connectivity index (χ4n) is 1.90. The van der Waals surface area contributed by atoms with E-state index >= 15 is 0 Å². The van der Waals surface area contributed by atoms with Gasteiger partial charge in [0.05, 0.1) is 6.26 Å². The van der Waals surface area contributed by atoms with Crippen LogP contribution in [0.15, 0.2) is 38.1 Å². The molecule has 2 heterocycles. The molecule has 0 fully saturated rings. The summed E-state index contributed by atoms with van der Waals surface area (Å²) in [5.41, 5.74) is 2.66. The van der Waals surface area contributed by atoms with E-state index in [0.29, 0.717) is 11.1 Å². The Morgan fingerprint density at radius 1 is 1.06 bits per heavy atom. The average molecular weight is 214 g/mol. The minimum atomic E-state index is -0.282. The van der Waals surface area contributed by atoms with Gasteiger partial charge < -0.3 is 8.83 Å². The third kappa shape index (κ3) is 1.11. The van der Waals surface area contributed by atoms with Crippen molar-refractivity contribution >= 4 is 21.9 Å². The first kappa shape index (κ1) is 9.21. The van der Waals surface area contributed by atoms with Crippen molar-refractivity contribution in [1.82, 2.24) is 0 Å². The first-order chi connectivity index (χ1) is 7.66. The number of hydrogen-bond donors (Lipinski definition) is 0. The normalized spacial score (nSPS) is 11.4. The Kier molecular flexibility index (Phi) is 1.72. The molecule has 2 aromatic heterocycles. The zero-order chi connectivity index (χ0) is 11.3. The van der Waals surface area contributed by atoms with Crippen LogP contribution >= 0.6 is 0 Å². The highest BCUT2D eigenvalue weighted by molar-refractivity contribution is 5.94. The zero-order valence-electron chi connectivity index (χ0n) is 9.03. The van der Waals surface area contributed by atoms with Gasteiger partial charge >= 0.3 is 5.63 Å². The first-order valence-corrected chi connectivity index (χ1v) is 5.08. The molecule has 0 amide bonds. The Balaban J connectivity index is 2.59. The van der Waals surface area contributed by atoms with E-state index in [4.69, 9.17) is 8.83 Å². The number of fused-ring (bicyclic) bond motifs is 2. The molecule has 0 bridgehead atoms. The van der Waals surface area contributed by atoms with Gasteiger partial charge in [-0.1, -0.05) is 0 Å². The van der Waals surface area contributed by atoms with Crippen molar-refractivity contribution in [3.63, 3.8) is 0 Å². The zero-order valence-corrected chi connectivity index (χ0v) is 9.03. The van der Waals surface area contributed by atoms with Crippen molar-refractivity contribution in [1.29, 1.82) is 0 Å². The van der Waals surface area contributed by atoms with Crippen LogP contribution in [0.5, 0.6) is 0 Å². The monoisotopic (exact) mass is 214 g/mol. The van der Waals surface area contributed by atoms with Crippen LogP contribution < -0.4 is 5.63 Å². The van der Waals surface area contributed by atoms with Crippen LogP contribution in [0.25, 0.3) is 21.9 Å². The van der Waals surface area contributed by atoms with Crippen LogP contribution in [-0.4, -0.2) is 0 Å². The standard InChI is InChI=1S/C13H10O3/c1-7-8(2)13(14)16-12-6-11-9(3-4-15-11)5-10(7)12/h3-6H,1-2H3. The Labute approximate surface area is 91.3 Å². The molecule has 0 unspecified atom stereocenters. The maximum Gasteiger partial charge on any atom is 0.339 e. The summed E-state index contributed by atoms with van der Waals surface area (Å²) in [5.74, 6) is 0. The lowest BCUT2D eigenvalue weighted by molar-refractivity contribution is 0.552. The van der Waals surface area contributed by atoms with Gasteiger partial charge in [0.25, 0.3) is 0 Å². The van der Waals surface area contributed by atoms with Gasteiger partial charge in [0, 0.05) is 22.4 Å². The number of benzene rings is 1. The van der Waals surface area contributed by atoms with Crippen LogP contribution in [-0.2, 0) is 0 Å². The van der Waals surface area contributed by atoms with E-state index in [1.54, 1.807) is 19.3 Å². The highest BCUT2D eigenvalue weighted by Crippen LogP contribution is 2.25. The Hall–Kier alpha value is -2.03. The molecule has 0 saturated carbocycles. The van der Waals surface area contributed by atoms with Crippen LogP contribution in [0.2, 0.25) is 0 Å². The quantitative estimate of drug-likeness (QED) is 0.540. The summed E-state index contributed by atoms with van der Waals surface area (Å²) in [6.07, 6.45) is 1.63. The van der Waals surface area contributed by atoms with E-state index in [1.165, 1.54) is 0 Å². The fourth-order valence-corrected chi connectivity index (χ4v) is 1.90. The second-order valence-electron chi connectivity index (χ2n) is 3.95. The van der Waals surface area contributed by atoms with Crippen molar-refractivity contribution in [3.05, 3.63) is 46.0 Å². The van der Waals surface area contributed by atoms with E-state index < -0.39 is 0 Å². The van der Waals surface area contributed by atoms with E-state index in [1.807, 2.05) is 19.1 Å². The van der Waals surface area contributed by atoms with Crippen molar-refractivity contribution in [2.24, 2.45) is 0 Å². The maximum absolute atomic E-state index is 11.5. The SMILES string of the molecule is Cc1c(C)c2cc3ccoc3cc2oc1=O. The molecule has 0 aliphatic rings. The van der Waals surface area contributed by atoms with Gasteiger partial charge in [0.2, 0.25) is 0 Å². The molecular weight excluding hydrogens is 204 g/mol. The van der Waals surface area contributed by atoms with Crippen molar-refractivity contribution in [2.75, 3.05) is 0 Å². The third-order valence-electron chi connectivity index (χ3n) is 3.03. The van der Waals surface area contributed by atoms with Gasteiger partial charge in [-0.2, -0.15) is 0 Å². The second-order valence-corrected chi connectivity index (χ2v) is 3.95. The Morgan fingerprint density at radius 3 is 2.69 bits per heavy atom. The number of aryl methyl sites for hydroxylation is 1. The van der Waals surface area contributed by atoms with Crippen LogP contribution in [0.1, 0.15) is 11.1 Å². The summed E-state index contributed by atoms with van der Waals surface area (Å²) in [6.45, 7) is 3.71. The van der Waals surface area contributed by atoms with Gasteiger partial charge in [0.1, 0.15) is 11.2 Å². The summed E-state index contributed by atoms with van der Waals surface area (Å²) in [5, 5.41) is 1.98. The summed E-state index contributed by atoms with van der Waals surface area (Å²) in [6, 6.07) is 5.65. The first-order valence-electron chi connectivity index (χ1n) is 5.08. The van der Waals surface area contributed by atoms with Crippen LogP contribution in [0, 0.1) is 13.8 Å². The lowest BCUT2D eigenvalue weighted by Crippen LogP contribution is -2.05. The van der Waals surface area contributed by atoms with Gasteiger partial charge in [-0.05, 0) is 31.5 Å². The number of rotatable bonds is 0.